The van der Waals surface area contributed by atoms with E-state index < -0.39 is 0 Å². The molecule has 2 aromatic heterocycles. The van der Waals surface area contributed by atoms with Crippen molar-refractivity contribution in [3.05, 3.63) is 41.3 Å². The normalized spacial score (nSPS) is 10.6. The van der Waals surface area contributed by atoms with Gasteiger partial charge in [-0.2, -0.15) is 4.98 Å². The minimum absolute atomic E-state index is 0.0562. The first-order chi connectivity index (χ1) is 11.7. The van der Waals surface area contributed by atoms with E-state index in [1.807, 2.05) is 43.3 Å². The van der Waals surface area contributed by atoms with E-state index >= 15 is 0 Å². The molecule has 3 rings (SSSR count). The van der Waals surface area contributed by atoms with Crippen LogP contribution in [0.1, 0.15) is 18.7 Å². The topological polar surface area (TPSA) is 77.2 Å². The molecule has 3 aromatic rings. The summed E-state index contributed by atoms with van der Waals surface area (Å²) in [7, 11) is 0. The number of benzene rings is 1. The third-order valence-corrected chi connectivity index (χ3v) is 4.32. The van der Waals surface area contributed by atoms with Gasteiger partial charge in [0.1, 0.15) is 5.75 Å². The molecule has 1 N–H and O–H groups in total. The molecule has 0 fully saturated rings. The summed E-state index contributed by atoms with van der Waals surface area (Å²) in [5.74, 6) is 1.60. The lowest BCUT2D eigenvalue weighted by atomic mass is 10.2. The molecule has 24 heavy (non-hydrogen) atoms. The Hall–Kier alpha value is -2.67. The minimum Gasteiger partial charge on any atom is -0.493 e. The fraction of sp³-hybridized carbons (Fsp3) is 0.235. The van der Waals surface area contributed by atoms with Gasteiger partial charge in [-0.3, -0.25) is 4.79 Å². The summed E-state index contributed by atoms with van der Waals surface area (Å²) in [4.78, 5) is 17.4. The van der Waals surface area contributed by atoms with Crippen molar-refractivity contribution in [1.82, 2.24) is 15.5 Å². The highest BCUT2D eigenvalue weighted by Gasteiger charge is 2.15. The summed E-state index contributed by atoms with van der Waals surface area (Å²) in [5, 5.41) is 6.82. The number of nitrogens with one attached hydrogen (secondary N) is 1. The number of nitrogens with zero attached hydrogens (tertiary/aromatic N) is 2. The van der Waals surface area contributed by atoms with Crippen LogP contribution in [-0.2, 0) is 11.3 Å². The lowest BCUT2D eigenvalue weighted by molar-refractivity contribution is -0.119. The summed E-state index contributed by atoms with van der Waals surface area (Å²) in [6.07, 6.45) is 0. The zero-order chi connectivity index (χ0) is 16.9. The van der Waals surface area contributed by atoms with Crippen molar-refractivity contribution >= 4 is 17.2 Å². The number of ether oxygens (including phenoxy) is 1. The smallest absolute Gasteiger partial charge is 0.262 e. The van der Waals surface area contributed by atoms with E-state index in [0.717, 1.165) is 15.3 Å². The van der Waals surface area contributed by atoms with E-state index in [1.165, 1.54) is 18.3 Å². The van der Waals surface area contributed by atoms with E-state index in [9.17, 15) is 4.79 Å². The molecule has 2 heterocycles. The maximum absolute atomic E-state index is 11.0. The Morgan fingerprint density at radius 1 is 1.29 bits per heavy atom. The van der Waals surface area contributed by atoms with Crippen LogP contribution < -0.4 is 10.1 Å². The Morgan fingerprint density at radius 3 is 2.92 bits per heavy atom. The lowest BCUT2D eigenvalue weighted by Crippen LogP contribution is -2.17. The van der Waals surface area contributed by atoms with Crippen molar-refractivity contribution < 1.29 is 14.1 Å². The van der Waals surface area contributed by atoms with Crippen LogP contribution in [0.2, 0.25) is 0 Å². The number of carbonyl (C=O) groups excluding carboxylic acids is 1. The molecule has 0 radical (unpaired) electrons. The molecule has 0 bridgehead atoms. The first-order valence-electron chi connectivity index (χ1n) is 7.56. The van der Waals surface area contributed by atoms with Gasteiger partial charge in [-0.25, -0.2) is 0 Å². The van der Waals surface area contributed by atoms with Crippen molar-refractivity contribution in [2.24, 2.45) is 0 Å². The van der Waals surface area contributed by atoms with Crippen molar-refractivity contribution in [2.75, 3.05) is 6.61 Å². The van der Waals surface area contributed by atoms with Crippen molar-refractivity contribution in [3.63, 3.8) is 0 Å². The predicted octanol–water partition coefficient (Wildman–Crippen LogP) is 3.50. The van der Waals surface area contributed by atoms with E-state index in [4.69, 9.17) is 9.26 Å². The molecule has 0 atom stereocenters. The van der Waals surface area contributed by atoms with Crippen molar-refractivity contribution in [2.45, 2.75) is 20.4 Å². The second kappa shape index (κ2) is 7.27. The molecular weight excluding hydrogens is 326 g/mol. The predicted molar refractivity (Wildman–Crippen MR) is 91.7 cm³/mol. The fourth-order valence-corrected chi connectivity index (χ4v) is 3.04. The molecule has 0 saturated heterocycles. The standard InChI is InChI=1S/C17H17N3O3S/c1-3-22-14-7-5-4-6-13(14)17-19-16(20-23-17)15-9-8-12(24-15)10-18-11(2)21/h4-9H,3,10H2,1-2H3,(H,18,21). The van der Waals surface area contributed by atoms with Crippen LogP contribution in [0.5, 0.6) is 5.75 Å². The Kier molecular flexibility index (Phi) is 4.90. The monoisotopic (exact) mass is 343 g/mol. The van der Waals surface area contributed by atoms with Crippen LogP contribution in [0.25, 0.3) is 22.2 Å². The maximum atomic E-state index is 11.0. The first-order valence-corrected chi connectivity index (χ1v) is 8.38. The molecule has 124 valence electrons. The third kappa shape index (κ3) is 3.62. The average Bonchev–Trinajstić information content (AvgIpc) is 3.23. The molecule has 1 amide bonds. The summed E-state index contributed by atoms with van der Waals surface area (Å²) in [6, 6.07) is 11.4. The van der Waals surface area contributed by atoms with E-state index in [0.29, 0.717) is 30.6 Å². The fourth-order valence-electron chi connectivity index (χ4n) is 2.16. The zero-order valence-electron chi connectivity index (χ0n) is 13.4. The van der Waals surface area contributed by atoms with Gasteiger partial charge in [0.2, 0.25) is 11.7 Å². The van der Waals surface area contributed by atoms with Crippen LogP contribution in [0.4, 0.5) is 0 Å². The number of carbonyl (C=O) groups is 1. The van der Waals surface area contributed by atoms with Crippen molar-refractivity contribution in [1.29, 1.82) is 0 Å². The highest BCUT2D eigenvalue weighted by Crippen LogP contribution is 2.32. The average molecular weight is 343 g/mol. The molecule has 1 aromatic carbocycles. The number of thiophene rings is 1. The number of amides is 1. The Balaban J connectivity index is 1.82. The summed E-state index contributed by atoms with van der Waals surface area (Å²) >= 11 is 1.52. The number of hydrogen-bond donors (Lipinski definition) is 1. The molecule has 7 heteroatoms. The molecule has 0 unspecified atom stereocenters. The minimum atomic E-state index is -0.0562. The van der Waals surface area contributed by atoms with Crippen LogP contribution in [0.3, 0.4) is 0 Å². The summed E-state index contributed by atoms with van der Waals surface area (Å²) in [5.41, 5.74) is 0.771. The second-order valence-electron chi connectivity index (χ2n) is 5.03. The quantitative estimate of drug-likeness (QED) is 0.741. The number of rotatable bonds is 6. The maximum Gasteiger partial charge on any atom is 0.262 e. The summed E-state index contributed by atoms with van der Waals surface area (Å²) in [6.45, 7) is 4.49. The van der Waals surface area contributed by atoms with Crippen LogP contribution in [0, 0.1) is 0 Å². The van der Waals surface area contributed by atoms with Crippen LogP contribution in [-0.4, -0.2) is 22.7 Å². The van der Waals surface area contributed by atoms with Gasteiger partial charge in [-0.1, -0.05) is 17.3 Å². The van der Waals surface area contributed by atoms with E-state index in [1.54, 1.807) is 0 Å². The SMILES string of the molecule is CCOc1ccccc1-c1nc(-c2ccc(CNC(C)=O)s2)no1. The van der Waals surface area contributed by atoms with Gasteiger partial charge in [0.15, 0.2) is 0 Å². The van der Waals surface area contributed by atoms with Gasteiger partial charge in [-0.05, 0) is 31.2 Å². The Morgan fingerprint density at radius 2 is 2.12 bits per heavy atom. The molecule has 0 aliphatic rings. The first kappa shape index (κ1) is 16.2. The van der Waals surface area contributed by atoms with Gasteiger partial charge >= 0.3 is 0 Å². The molecule has 0 aliphatic heterocycles. The highest BCUT2D eigenvalue weighted by atomic mass is 32.1. The van der Waals surface area contributed by atoms with E-state index in [2.05, 4.69) is 15.5 Å². The Bertz CT molecular complexity index is 841. The molecule has 6 nitrogen and oxygen atoms in total. The van der Waals surface area contributed by atoms with E-state index in [-0.39, 0.29) is 5.91 Å². The van der Waals surface area contributed by atoms with Gasteiger partial charge < -0.3 is 14.6 Å². The lowest BCUT2D eigenvalue weighted by Gasteiger charge is -2.05. The summed E-state index contributed by atoms with van der Waals surface area (Å²) < 4.78 is 11.0. The van der Waals surface area contributed by atoms with Crippen LogP contribution in [0.15, 0.2) is 40.9 Å². The number of hydrogen-bond acceptors (Lipinski definition) is 6. The van der Waals surface area contributed by atoms with Gasteiger partial charge in [-0.15, -0.1) is 11.3 Å². The third-order valence-electron chi connectivity index (χ3n) is 3.24. The second-order valence-corrected chi connectivity index (χ2v) is 6.20. The molecule has 0 aliphatic carbocycles. The molecule has 0 saturated carbocycles. The van der Waals surface area contributed by atoms with Gasteiger partial charge in [0.05, 0.1) is 23.6 Å². The van der Waals surface area contributed by atoms with Crippen molar-refractivity contribution in [3.8, 4) is 27.9 Å². The number of aromatic nitrogens is 2. The zero-order valence-corrected chi connectivity index (χ0v) is 14.2. The highest BCUT2D eigenvalue weighted by molar-refractivity contribution is 7.15. The molecular formula is C17H17N3O3S. The largest absolute Gasteiger partial charge is 0.493 e. The molecule has 0 spiro atoms. The van der Waals surface area contributed by atoms with Gasteiger partial charge in [0.25, 0.3) is 5.89 Å². The van der Waals surface area contributed by atoms with Gasteiger partial charge in [0, 0.05) is 11.8 Å². The number of para-hydroxylation sites is 1. The van der Waals surface area contributed by atoms with Crippen LogP contribution >= 0.6 is 11.3 Å². The Labute approximate surface area is 143 Å².